The zero-order valence-electron chi connectivity index (χ0n) is 9.55. The average molecular weight is 240 g/mol. The fraction of sp³-hybridized carbons (Fsp3) is 0.364. The summed E-state index contributed by atoms with van der Waals surface area (Å²) >= 11 is 0. The molecule has 1 atom stereocenters. The molecule has 1 heterocycles. The van der Waals surface area contributed by atoms with Gasteiger partial charge in [-0.05, 0) is 18.6 Å². The van der Waals surface area contributed by atoms with Gasteiger partial charge in [-0.1, -0.05) is 6.92 Å². The van der Waals surface area contributed by atoms with Crippen molar-refractivity contribution in [2.45, 2.75) is 19.4 Å². The van der Waals surface area contributed by atoms with E-state index in [0.717, 1.165) is 17.2 Å². The molecule has 1 aromatic heterocycles. The van der Waals surface area contributed by atoms with E-state index >= 15 is 0 Å². The molecule has 0 radical (unpaired) electrons. The van der Waals surface area contributed by atoms with Crippen LogP contribution >= 0.6 is 0 Å². The molecular weight excluding hydrogens is 227 g/mol. The van der Waals surface area contributed by atoms with E-state index in [1.54, 1.807) is 6.92 Å². The Labute approximate surface area is 97.9 Å². The number of hydrogen-bond donors (Lipinski definition) is 1. The van der Waals surface area contributed by atoms with Crippen LogP contribution in [-0.2, 0) is 4.79 Å². The Morgan fingerprint density at radius 3 is 2.59 bits per heavy atom. The highest BCUT2D eigenvalue weighted by atomic mass is 19.1. The second kappa shape index (κ2) is 5.38. The van der Waals surface area contributed by atoms with Crippen molar-refractivity contribution in [3.8, 4) is 0 Å². The number of nitrogens with zero attached hydrogens (tertiary/aromatic N) is 2. The van der Waals surface area contributed by atoms with Crippen molar-refractivity contribution in [2.24, 2.45) is 0 Å². The Kier molecular flexibility index (Phi) is 4.14. The number of amides is 1. The summed E-state index contributed by atoms with van der Waals surface area (Å²) in [5.41, 5.74) is 0.0219. The Bertz CT molecular complexity index is 419. The number of carbonyl (C=O) groups is 2. The molecule has 6 heteroatoms. The molecule has 5 nitrogen and oxygen atoms in total. The highest BCUT2D eigenvalue weighted by molar-refractivity contribution is 5.94. The first kappa shape index (κ1) is 13.1. The molecule has 0 saturated heterocycles. The predicted octanol–water partition coefficient (Wildman–Crippen LogP) is 1.16. The Morgan fingerprint density at radius 2 is 2.18 bits per heavy atom. The third-order valence-corrected chi connectivity index (χ3v) is 2.41. The molecular formula is C11H13FN2O3. The van der Waals surface area contributed by atoms with Gasteiger partial charge in [-0.15, -0.1) is 0 Å². The van der Waals surface area contributed by atoms with Gasteiger partial charge in [0.05, 0.1) is 6.20 Å². The van der Waals surface area contributed by atoms with Crippen LogP contribution in [0.4, 0.5) is 4.39 Å². The van der Waals surface area contributed by atoms with Crippen LogP contribution < -0.4 is 0 Å². The third kappa shape index (κ3) is 2.99. The molecule has 0 aromatic carbocycles. The number of carbonyl (C=O) groups excluding carboxylic acids is 1. The number of hydrogen-bond acceptors (Lipinski definition) is 3. The molecule has 0 spiro atoms. The van der Waals surface area contributed by atoms with E-state index in [2.05, 4.69) is 4.98 Å². The molecule has 1 aromatic rings. The lowest BCUT2D eigenvalue weighted by molar-refractivity contribution is -0.142. The van der Waals surface area contributed by atoms with Crippen molar-refractivity contribution >= 4 is 11.9 Å². The van der Waals surface area contributed by atoms with Gasteiger partial charge in [-0.3, -0.25) is 4.79 Å². The molecule has 0 aliphatic rings. The van der Waals surface area contributed by atoms with Gasteiger partial charge < -0.3 is 10.0 Å². The molecule has 0 aliphatic heterocycles. The summed E-state index contributed by atoms with van der Waals surface area (Å²) in [5, 5.41) is 8.91. The van der Waals surface area contributed by atoms with E-state index in [0.29, 0.717) is 6.42 Å². The minimum atomic E-state index is -1.08. The molecule has 0 aliphatic carbocycles. The fourth-order valence-corrected chi connectivity index (χ4v) is 1.44. The topological polar surface area (TPSA) is 70.5 Å². The first-order valence-electron chi connectivity index (χ1n) is 5.09. The number of halogens is 1. The Morgan fingerprint density at radius 1 is 1.53 bits per heavy atom. The molecule has 0 bridgehead atoms. The second-order valence-electron chi connectivity index (χ2n) is 3.54. The molecule has 0 fully saturated rings. The molecule has 1 rings (SSSR count). The number of carboxylic acids is 1. The molecule has 0 saturated carbocycles. The largest absolute Gasteiger partial charge is 0.480 e. The lowest BCUT2D eigenvalue weighted by Gasteiger charge is -2.23. The zero-order valence-corrected chi connectivity index (χ0v) is 9.55. The van der Waals surface area contributed by atoms with E-state index in [-0.39, 0.29) is 5.69 Å². The quantitative estimate of drug-likeness (QED) is 0.857. The van der Waals surface area contributed by atoms with Crippen molar-refractivity contribution in [3.63, 3.8) is 0 Å². The average Bonchev–Trinajstić information content (AvgIpc) is 2.29. The van der Waals surface area contributed by atoms with Gasteiger partial charge in [-0.25, -0.2) is 14.2 Å². The van der Waals surface area contributed by atoms with Crippen LogP contribution in [0.5, 0.6) is 0 Å². The highest BCUT2D eigenvalue weighted by Crippen LogP contribution is 2.08. The van der Waals surface area contributed by atoms with Crippen LogP contribution in [0.1, 0.15) is 23.8 Å². The van der Waals surface area contributed by atoms with Crippen molar-refractivity contribution in [1.29, 1.82) is 0 Å². The van der Waals surface area contributed by atoms with Gasteiger partial charge in [0.2, 0.25) is 0 Å². The summed E-state index contributed by atoms with van der Waals surface area (Å²) in [7, 11) is 1.38. The van der Waals surface area contributed by atoms with Crippen LogP contribution in [0.3, 0.4) is 0 Å². The number of likely N-dealkylation sites (N-methyl/N-ethyl adjacent to an activating group) is 1. The first-order valence-corrected chi connectivity index (χ1v) is 5.09. The molecule has 1 unspecified atom stereocenters. The van der Waals surface area contributed by atoms with E-state index in [4.69, 9.17) is 5.11 Å². The van der Waals surface area contributed by atoms with Gasteiger partial charge in [0, 0.05) is 7.05 Å². The van der Waals surface area contributed by atoms with E-state index in [9.17, 15) is 14.0 Å². The molecule has 92 valence electrons. The van der Waals surface area contributed by atoms with Gasteiger partial charge in [0.15, 0.2) is 0 Å². The Hall–Kier alpha value is -1.98. The van der Waals surface area contributed by atoms with Crippen LogP contribution in [0.15, 0.2) is 18.3 Å². The minimum Gasteiger partial charge on any atom is -0.480 e. The summed E-state index contributed by atoms with van der Waals surface area (Å²) < 4.78 is 12.6. The summed E-state index contributed by atoms with van der Waals surface area (Å²) in [6, 6.07) is 1.42. The number of carboxylic acid groups (broad SMARTS) is 1. The smallest absolute Gasteiger partial charge is 0.326 e. The van der Waals surface area contributed by atoms with Gasteiger partial charge >= 0.3 is 5.97 Å². The van der Waals surface area contributed by atoms with Crippen LogP contribution in [0.25, 0.3) is 0 Å². The lowest BCUT2D eigenvalue weighted by atomic mass is 10.2. The SMILES string of the molecule is CCC(C(=O)O)N(C)C(=O)c1ccc(F)cn1. The van der Waals surface area contributed by atoms with Gasteiger partial charge in [0.25, 0.3) is 5.91 Å². The molecule has 1 N–H and O–H groups in total. The van der Waals surface area contributed by atoms with Crippen LogP contribution in [0, 0.1) is 5.82 Å². The maximum atomic E-state index is 12.6. The summed E-state index contributed by atoms with van der Waals surface area (Å²) in [6.45, 7) is 1.67. The minimum absolute atomic E-state index is 0.0219. The summed E-state index contributed by atoms with van der Waals surface area (Å²) in [4.78, 5) is 27.4. The lowest BCUT2D eigenvalue weighted by Crippen LogP contribution is -2.42. The Balaban J connectivity index is 2.89. The normalized spacial score (nSPS) is 11.9. The standard InChI is InChI=1S/C11H13FN2O3/c1-3-9(11(16)17)14(2)10(15)8-5-4-7(12)6-13-8/h4-6,9H,3H2,1-2H3,(H,16,17). The highest BCUT2D eigenvalue weighted by Gasteiger charge is 2.26. The number of aromatic nitrogens is 1. The number of rotatable bonds is 4. The van der Waals surface area contributed by atoms with Crippen molar-refractivity contribution in [3.05, 3.63) is 29.8 Å². The fourth-order valence-electron chi connectivity index (χ4n) is 1.44. The monoisotopic (exact) mass is 240 g/mol. The zero-order chi connectivity index (χ0) is 13.0. The second-order valence-corrected chi connectivity index (χ2v) is 3.54. The van der Waals surface area contributed by atoms with E-state index in [1.807, 2.05) is 0 Å². The predicted molar refractivity (Wildman–Crippen MR) is 58.0 cm³/mol. The number of aliphatic carboxylic acids is 1. The van der Waals surface area contributed by atoms with Gasteiger partial charge in [-0.2, -0.15) is 0 Å². The van der Waals surface area contributed by atoms with E-state index < -0.39 is 23.7 Å². The van der Waals surface area contributed by atoms with Crippen molar-refractivity contribution in [1.82, 2.24) is 9.88 Å². The third-order valence-electron chi connectivity index (χ3n) is 2.41. The molecule has 17 heavy (non-hydrogen) atoms. The number of pyridine rings is 1. The van der Waals surface area contributed by atoms with Crippen LogP contribution in [-0.4, -0.2) is 40.0 Å². The van der Waals surface area contributed by atoms with Gasteiger partial charge in [0.1, 0.15) is 17.6 Å². The van der Waals surface area contributed by atoms with Crippen molar-refractivity contribution in [2.75, 3.05) is 7.05 Å². The van der Waals surface area contributed by atoms with E-state index in [1.165, 1.54) is 13.1 Å². The maximum Gasteiger partial charge on any atom is 0.326 e. The van der Waals surface area contributed by atoms with Crippen molar-refractivity contribution < 1.29 is 19.1 Å². The molecule has 1 amide bonds. The summed E-state index contributed by atoms with van der Waals surface area (Å²) in [5.74, 6) is -2.17. The maximum absolute atomic E-state index is 12.6. The van der Waals surface area contributed by atoms with Crippen LogP contribution in [0.2, 0.25) is 0 Å². The first-order chi connectivity index (χ1) is 7.97. The summed E-state index contributed by atoms with van der Waals surface area (Å²) in [6.07, 6.45) is 1.21.